The van der Waals surface area contributed by atoms with Crippen molar-refractivity contribution in [2.24, 2.45) is 0 Å². The quantitative estimate of drug-likeness (QED) is 0.195. The minimum Gasteiger partial charge on any atom is -0.494 e. The van der Waals surface area contributed by atoms with Crippen LogP contribution in [0.5, 0.6) is 5.75 Å². The standard InChI is InChI=1S/C29H32F3N7O5/c1-5-25(41)34-18-7-6-8-19(13-18)35-26-21(29(30,31)32)15-33-28(37-26)36-22-10-9-20(14-24(22)43-3)38-11-12-39(17(2)40)23(16-38)27(42)44-4/h5-10,13-15,23,27,42H,1,11-12,16H2,2-4H3,(H,34,41)(H2,33,35,36,37)/t23-,27?/m0/s1. The Morgan fingerprint density at radius 1 is 1.14 bits per heavy atom. The zero-order chi connectivity index (χ0) is 32.0. The third-order valence-corrected chi connectivity index (χ3v) is 6.86. The lowest BCUT2D eigenvalue weighted by molar-refractivity contribution is -0.152. The van der Waals surface area contributed by atoms with Gasteiger partial charge in [-0.3, -0.25) is 9.59 Å². The Labute approximate surface area is 251 Å². The Hall–Kier alpha value is -4.89. The van der Waals surface area contributed by atoms with Crippen LogP contribution in [0.15, 0.2) is 61.3 Å². The fraction of sp³-hybridized carbons (Fsp3) is 0.310. The second kappa shape index (κ2) is 13.6. The van der Waals surface area contributed by atoms with Crippen molar-refractivity contribution in [1.29, 1.82) is 0 Å². The summed E-state index contributed by atoms with van der Waals surface area (Å²) < 4.78 is 52.1. The molecule has 1 fully saturated rings. The van der Waals surface area contributed by atoms with Gasteiger partial charge in [-0.05, 0) is 36.4 Å². The predicted octanol–water partition coefficient (Wildman–Crippen LogP) is 4.12. The Balaban J connectivity index is 1.59. The molecular formula is C29H32F3N7O5. The van der Waals surface area contributed by atoms with E-state index in [4.69, 9.17) is 9.47 Å². The van der Waals surface area contributed by atoms with Crippen molar-refractivity contribution < 1.29 is 37.3 Å². The summed E-state index contributed by atoms with van der Waals surface area (Å²) in [6, 6.07) is 10.6. The second-order valence-corrected chi connectivity index (χ2v) is 9.71. The lowest BCUT2D eigenvalue weighted by Crippen LogP contribution is -2.59. The van der Waals surface area contributed by atoms with E-state index in [1.54, 1.807) is 35.2 Å². The largest absolute Gasteiger partial charge is 0.494 e. The Morgan fingerprint density at radius 2 is 1.89 bits per heavy atom. The van der Waals surface area contributed by atoms with Crippen LogP contribution in [0.2, 0.25) is 0 Å². The summed E-state index contributed by atoms with van der Waals surface area (Å²) in [6.07, 6.45) is -4.20. The third-order valence-electron chi connectivity index (χ3n) is 6.86. The van der Waals surface area contributed by atoms with Gasteiger partial charge in [0, 0.05) is 63.0 Å². The van der Waals surface area contributed by atoms with E-state index in [2.05, 4.69) is 32.5 Å². The number of carbonyl (C=O) groups excluding carboxylic acids is 2. The van der Waals surface area contributed by atoms with E-state index in [0.717, 1.165) is 11.8 Å². The fourth-order valence-corrected chi connectivity index (χ4v) is 4.69. The number of halogens is 3. The number of aromatic nitrogens is 2. The highest BCUT2D eigenvalue weighted by molar-refractivity contribution is 5.99. The van der Waals surface area contributed by atoms with Gasteiger partial charge in [-0.1, -0.05) is 12.6 Å². The molecule has 15 heteroatoms. The third kappa shape index (κ3) is 7.54. The zero-order valence-corrected chi connectivity index (χ0v) is 24.2. The van der Waals surface area contributed by atoms with Gasteiger partial charge in [0.15, 0.2) is 6.29 Å². The number of benzene rings is 2. The predicted molar refractivity (Wildman–Crippen MR) is 158 cm³/mol. The topological polar surface area (TPSA) is 141 Å². The van der Waals surface area contributed by atoms with Crippen LogP contribution in [0.1, 0.15) is 12.5 Å². The molecule has 44 heavy (non-hydrogen) atoms. The van der Waals surface area contributed by atoms with Crippen molar-refractivity contribution in [2.75, 3.05) is 54.7 Å². The monoisotopic (exact) mass is 615 g/mol. The van der Waals surface area contributed by atoms with E-state index in [0.29, 0.717) is 43.0 Å². The van der Waals surface area contributed by atoms with Crippen LogP contribution in [-0.2, 0) is 20.5 Å². The number of nitrogens with one attached hydrogen (secondary N) is 3. The van der Waals surface area contributed by atoms with Gasteiger partial charge in [-0.15, -0.1) is 0 Å². The van der Waals surface area contributed by atoms with Gasteiger partial charge < -0.3 is 40.3 Å². The summed E-state index contributed by atoms with van der Waals surface area (Å²) in [7, 11) is 2.80. The number of piperazine rings is 1. The van der Waals surface area contributed by atoms with Crippen LogP contribution in [0.25, 0.3) is 0 Å². The van der Waals surface area contributed by atoms with Gasteiger partial charge in [0.25, 0.3) is 0 Å². The van der Waals surface area contributed by atoms with Gasteiger partial charge in [-0.2, -0.15) is 18.2 Å². The summed E-state index contributed by atoms with van der Waals surface area (Å²) in [5.74, 6) is -0.952. The Morgan fingerprint density at radius 3 is 2.55 bits per heavy atom. The number of ether oxygens (including phenoxy) is 2. The summed E-state index contributed by atoms with van der Waals surface area (Å²) in [4.78, 5) is 35.2. The van der Waals surface area contributed by atoms with Gasteiger partial charge in [0.1, 0.15) is 17.1 Å². The van der Waals surface area contributed by atoms with E-state index >= 15 is 0 Å². The Kier molecular flexibility index (Phi) is 9.90. The average Bonchev–Trinajstić information content (AvgIpc) is 3.00. The van der Waals surface area contributed by atoms with Crippen LogP contribution in [0, 0.1) is 0 Å². The zero-order valence-electron chi connectivity index (χ0n) is 24.2. The first kappa shape index (κ1) is 32.0. The maximum Gasteiger partial charge on any atom is 0.421 e. The molecule has 234 valence electrons. The van der Waals surface area contributed by atoms with Gasteiger partial charge in [0.05, 0.1) is 18.8 Å². The number of hydrogen-bond donors (Lipinski definition) is 4. The number of aliphatic hydroxyl groups excluding tert-OH is 1. The molecule has 1 aliphatic rings. The van der Waals surface area contributed by atoms with Crippen molar-refractivity contribution in [2.45, 2.75) is 25.4 Å². The number of carbonyl (C=O) groups is 2. The highest BCUT2D eigenvalue weighted by Crippen LogP contribution is 2.37. The molecule has 0 bridgehead atoms. The van der Waals surface area contributed by atoms with Crippen LogP contribution in [-0.4, -0.2) is 78.0 Å². The molecule has 1 saturated heterocycles. The molecule has 12 nitrogen and oxygen atoms in total. The summed E-state index contributed by atoms with van der Waals surface area (Å²) >= 11 is 0. The molecule has 1 aromatic heterocycles. The summed E-state index contributed by atoms with van der Waals surface area (Å²) in [5, 5.41) is 18.4. The van der Waals surface area contributed by atoms with Gasteiger partial charge >= 0.3 is 6.18 Å². The molecule has 0 radical (unpaired) electrons. The molecular weight excluding hydrogens is 583 g/mol. The molecule has 0 aliphatic carbocycles. The average molecular weight is 616 g/mol. The van der Waals surface area contributed by atoms with Gasteiger partial charge in [-0.25, -0.2) is 4.98 Å². The SMILES string of the molecule is C=CC(=O)Nc1cccc(Nc2nc(Nc3ccc(N4CCN(C(C)=O)[C@H](C(O)OC)C4)cc3OC)ncc2C(F)(F)F)c1. The normalized spacial score (nSPS) is 15.8. The molecule has 4 rings (SSSR count). The van der Waals surface area contributed by atoms with Crippen LogP contribution >= 0.6 is 0 Å². The molecule has 2 atom stereocenters. The first-order valence-corrected chi connectivity index (χ1v) is 13.4. The van der Waals surface area contributed by atoms with Crippen molar-refractivity contribution >= 4 is 46.3 Å². The molecule has 1 unspecified atom stereocenters. The second-order valence-electron chi connectivity index (χ2n) is 9.71. The molecule has 2 heterocycles. The molecule has 2 amide bonds. The maximum atomic E-state index is 13.8. The van der Waals surface area contributed by atoms with Gasteiger partial charge in [0.2, 0.25) is 17.8 Å². The molecule has 0 saturated carbocycles. The number of amides is 2. The number of methoxy groups -OCH3 is 2. The van der Waals surface area contributed by atoms with E-state index in [1.165, 1.54) is 33.3 Å². The van der Waals surface area contributed by atoms with E-state index in [9.17, 15) is 27.9 Å². The molecule has 1 aliphatic heterocycles. The molecule has 2 aromatic carbocycles. The summed E-state index contributed by atoms with van der Waals surface area (Å²) in [5.41, 5.74) is 0.598. The van der Waals surface area contributed by atoms with Crippen LogP contribution in [0.4, 0.5) is 47.7 Å². The fourth-order valence-electron chi connectivity index (χ4n) is 4.69. The van der Waals surface area contributed by atoms with E-state index < -0.39 is 35.8 Å². The van der Waals surface area contributed by atoms with Crippen LogP contribution < -0.4 is 25.6 Å². The lowest BCUT2D eigenvalue weighted by atomic mass is 10.1. The molecule has 3 aromatic rings. The number of aliphatic hydroxyl groups is 1. The highest BCUT2D eigenvalue weighted by Gasteiger charge is 2.36. The number of nitrogens with zero attached hydrogens (tertiary/aromatic N) is 4. The first-order valence-electron chi connectivity index (χ1n) is 13.4. The smallest absolute Gasteiger partial charge is 0.421 e. The minimum atomic E-state index is -4.75. The van der Waals surface area contributed by atoms with E-state index in [1.807, 2.05) is 4.90 Å². The van der Waals surface area contributed by atoms with E-state index in [-0.39, 0.29) is 17.5 Å². The summed E-state index contributed by atoms with van der Waals surface area (Å²) in [6.45, 7) is 5.95. The number of alkyl halides is 3. The van der Waals surface area contributed by atoms with Crippen molar-refractivity contribution in [3.05, 3.63) is 66.9 Å². The van der Waals surface area contributed by atoms with Crippen molar-refractivity contribution in [3.63, 3.8) is 0 Å². The van der Waals surface area contributed by atoms with Crippen LogP contribution in [0.3, 0.4) is 0 Å². The lowest BCUT2D eigenvalue weighted by Gasteiger charge is -2.43. The number of hydrogen-bond acceptors (Lipinski definition) is 10. The minimum absolute atomic E-state index is 0.138. The molecule has 4 N–H and O–H groups in total. The molecule has 0 spiro atoms. The van der Waals surface area contributed by atoms with Crippen molar-refractivity contribution in [1.82, 2.24) is 14.9 Å². The highest BCUT2D eigenvalue weighted by atomic mass is 19.4. The Bertz CT molecular complexity index is 1520. The number of rotatable bonds is 10. The maximum absolute atomic E-state index is 13.8. The van der Waals surface area contributed by atoms with Crippen molar-refractivity contribution in [3.8, 4) is 5.75 Å². The number of anilines is 6. The first-order chi connectivity index (χ1) is 20.9.